The van der Waals surface area contributed by atoms with Gasteiger partial charge in [0.25, 0.3) is 0 Å². The summed E-state index contributed by atoms with van der Waals surface area (Å²) in [6.07, 6.45) is -3.39. The number of fused-ring (bicyclic) bond motifs is 1. The number of hydrogen-bond acceptors (Lipinski definition) is 3. The molecule has 1 heterocycles. The van der Waals surface area contributed by atoms with Crippen molar-refractivity contribution >= 4 is 11.8 Å². The fourth-order valence-corrected chi connectivity index (χ4v) is 3.76. The molecule has 0 saturated heterocycles. The van der Waals surface area contributed by atoms with Gasteiger partial charge in [-0.3, -0.25) is 11.3 Å². The summed E-state index contributed by atoms with van der Waals surface area (Å²) < 4.78 is 36.4. The summed E-state index contributed by atoms with van der Waals surface area (Å²) in [5.41, 5.74) is 3.93. The number of hydrogen-bond donors (Lipinski definition) is 2. The standard InChI is InChI=1S/C13H17F3N2S/c14-13(15,16)7-3-5-10(18-17)12-8-9-4-1-2-6-11(9)19-12/h1-2,4,6,10,12,18H,3,5,7-8,17H2. The van der Waals surface area contributed by atoms with Crippen LogP contribution in [0.3, 0.4) is 0 Å². The second-order valence-corrected chi connectivity index (χ2v) is 6.03. The number of thioether (sulfide) groups is 1. The van der Waals surface area contributed by atoms with E-state index in [4.69, 9.17) is 5.84 Å². The monoisotopic (exact) mass is 290 g/mol. The molecule has 2 atom stereocenters. The van der Waals surface area contributed by atoms with Gasteiger partial charge < -0.3 is 0 Å². The lowest BCUT2D eigenvalue weighted by Crippen LogP contribution is -2.42. The third kappa shape index (κ3) is 4.12. The third-order valence-corrected chi connectivity index (χ3v) is 4.76. The van der Waals surface area contributed by atoms with Crippen LogP contribution in [0.2, 0.25) is 0 Å². The number of rotatable bonds is 5. The first kappa shape index (κ1) is 14.7. The molecule has 0 fully saturated rings. The van der Waals surface area contributed by atoms with E-state index in [0.29, 0.717) is 6.42 Å². The van der Waals surface area contributed by atoms with E-state index in [1.54, 1.807) is 11.8 Å². The van der Waals surface area contributed by atoms with Gasteiger partial charge in [-0.25, -0.2) is 0 Å². The molecule has 2 nitrogen and oxygen atoms in total. The van der Waals surface area contributed by atoms with Crippen LogP contribution in [0, 0.1) is 0 Å². The molecule has 106 valence electrons. The van der Waals surface area contributed by atoms with Gasteiger partial charge in [0.05, 0.1) is 0 Å². The molecule has 0 saturated carbocycles. The fraction of sp³-hybridized carbons (Fsp3) is 0.538. The Labute approximate surface area is 114 Å². The number of nitrogens with two attached hydrogens (primary N) is 1. The molecule has 0 spiro atoms. The van der Waals surface area contributed by atoms with Crippen molar-refractivity contribution in [2.24, 2.45) is 5.84 Å². The predicted molar refractivity (Wildman–Crippen MR) is 70.8 cm³/mol. The van der Waals surface area contributed by atoms with Gasteiger partial charge in [-0.1, -0.05) is 18.2 Å². The topological polar surface area (TPSA) is 38.0 Å². The van der Waals surface area contributed by atoms with Crippen LogP contribution in [0.5, 0.6) is 0 Å². The van der Waals surface area contributed by atoms with Gasteiger partial charge in [-0.2, -0.15) is 13.2 Å². The van der Waals surface area contributed by atoms with Gasteiger partial charge in [-0.15, -0.1) is 11.8 Å². The van der Waals surface area contributed by atoms with Gasteiger partial charge >= 0.3 is 6.18 Å². The number of benzene rings is 1. The molecular formula is C13H17F3N2S. The van der Waals surface area contributed by atoms with Crippen molar-refractivity contribution in [3.63, 3.8) is 0 Å². The molecule has 2 rings (SSSR count). The molecule has 3 N–H and O–H groups in total. The zero-order chi connectivity index (χ0) is 13.9. The minimum atomic E-state index is -4.08. The largest absolute Gasteiger partial charge is 0.389 e. The summed E-state index contributed by atoms with van der Waals surface area (Å²) in [5, 5.41) is 0.218. The molecule has 0 bridgehead atoms. The quantitative estimate of drug-likeness (QED) is 0.645. The van der Waals surface area contributed by atoms with Crippen molar-refractivity contribution in [1.82, 2.24) is 5.43 Å². The van der Waals surface area contributed by atoms with Crippen LogP contribution >= 0.6 is 11.8 Å². The maximum Gasteiger partial charge on any atom is 0.389 e. The number of hydrazine groups is 1. The highest BCUT2D eigenvalue weighted by Gasteiger charge is 2.31. The Bertz CT molecular complexity index is 398. The molecule has 1 aliphatic rings. The third-order valence-electron chi connectivity index (χ3n) is 3.31. The van der Waals surface area contributed by atoms with Gasteiger partial charge in [0, 0.05) is 22.6 Å². The highest BCUT2D eigenvalue weighted by Crippen LogP contribution is 2.39. The SMILES string of the molecule is NNC(CCCC(F)(F)F)C1Cc2ccccc2S1. The van der Waals surface area contributed by atoms with Crippen LogP contribution in [-0.4, -0.2) is 17.5 Å². The molecule has 6 heteroatoms. The van der Waals surface area contributed by atoms with Crippen molar-refractivity contribution in [2.45, 2.75) is 48.0 Å². The van der Waals surface area contributed by atoms with E-state index in [-0.39, 0.29) is 17.7 Å². The maximum atomic E-state index is 12.1. The van der Waals surface area contributed by atoms with E-state index in [9.17, 15) is 13.2 Å². The van der Waals surface area contributed by atoms with E-state index in [2.05, 4.69) is 11.5 Å². The normalized spacial score (nSPS) is 20.3. The van der Waals surface area contributed by atoms with Crippen molar-refractivity contribution in [1.29, 1.82) is 0 Å². The first-order valence-electron chi connectivity index (χ1n) is 6.27. The van der Waals surface area contributed by atoms with Gasteiger partial charge in [-0.05, 0) is 30.9 Å². The number of halogens is 3. The molecule has 0 radical (unpaired) electrons. The maximum absolute atomic E-state index is 12.1. The molecule has 1 aliphatic heterocycles. The van der Waals surface area contributed by atoms with Gasteiger partial charge in [0.2, 0.25) is 0 Å². The zero-order valence-corrected chi connectivity index (χ0v) is 11.2. The summed E-state index contributed by atoms with van der Waals surface area (Å²) in [6.45, 7) is 0. The molecule has 0 aromatic heterocycles. The van der Waals surface area contributed by atoms with Crippen molar-refractivity contribution in [2.75, 3.05) is 0 Å². The lowest BCUT2D eigenvalue weighted by Gasteiger charge is -2.22. The molecule has 0 amide bonds. The molecular weight excluding hydrogens is 273 g/mol. The van der Waals surface area contributed by atoms with E-state index >= 15 is 0 Å². The van der Waals surface area contributed by atoms with Crippen molar-refractivity contribution in [3.05, 3.63) is 29.8 Å². The zero-order valence-electron chi connectivity index (χ0n) is 10.4. The second kappa shape index (κ2) is 6.15. The van der Waals surface area contributed by atoms with E-state index in [0.717, 1.165) is 6.42 Å². The average Bonchev–Trinajstić information content (AvgIpc) is 2.76. The van der Waals surface area contributed by atoms with Gasteiger partial charge in [0.1, 0.15) is 0 Å². The van der Waals surface area contributed by atoms with Crippen LogP contribution in [-0.2, 0) is 6.42 Å². The highest BCUT2D eigenvalue weighted by atomic mass is 32.2. The minimum absolute atomic E-state index is 0.0836. The average molecular weight is 290 g/mol. The molecule has 0 aliphatic carbocycles. The van der Waals surface area contributed by atoms with Crippen LogP contribution in [0.25, 0.3) is 0 Å². The summed E-state index contributed by atoms with van der Waals surface area (Å²) in [7, 11) is 0. The van der Waals surface area contributed by atoms with Crippen LogP contribution < -0.4 is 11.3 Å². The molecule has 1 aromatic carbocycles. The van der Waals surface area contributed by atoms with E-state index in [1.807, 2.05) is 18.2 Å². The van der Waals surface area contributed by atoms with Crippen molar-refractivity contribution < 1.29 is 13.2 Å². The highest BCUT2D eigenvalue weighted by molar-refractivity contribution is 8.00. The Balaban J connectivity index is 1.87. The van der Waals surface area contributed by atoms with Gasteiger partial charge in [0.15, 0.2) is 0 Å². The number of nitrogens with one attached hydrogen (secondary N) is 1. The minimum Gasteiger partial charge on any atom is -0.271 e. The Morgan fingerprint density at radius 3 is 2.74 bits per heavy atom. The Kier molecular flexibility index (Phi) is 4.76. The predicted octanol–water partition coefficient (Wildman–Crippen LogP) is 3.27. The first-order chi connectivity index (χ1) is 8.99. The van der Waals surface area contributed by atoms with E-state index in [1.165, 1.54) is 10.5 Å². The first-order valence-corrected chi connectivity index (χ1v) is 7.15. The van der Waals surface area contributed by atoms with Crippen LogP contribution in [0.15, 0.2) is 29.2 Å². The smallest absolute Gasteiger partial charge is 0.271 e. The molecule has 1 aromatic rings. The van der Waals surface area contributed by atoms with Crippen molar-refractivity contribution in [3.8, 4) is 0 Å². The summed E-state index contributed by atoms with van der Waals surface area (Å²) >= 11 is 1.70. The number of alkyl halides is 3. The lowest BCUT2D eigenvalue weighted by atomic mass is 10.0. The lowest BCUT2D eigenvalue weighted by molar-refractivity contribution is -0.135. The molecule has 2 unspecified atom stereocenters. The Hall–Kier alpha value is -0.720. The van der Waals surface area contributed by atoms with E-state index < -0.39 is 12.6 Å². The summed E-state index contributed by atoms with van der Waals surface area (Å²) in [4.78, 5) is 1.21. The Morgan fingerprint density at radius 2 is 2.11 bits per heavy atom. The van der Waals surface area contributed by atoms with Crippen LogP contribution in [0.1, 0.15) is 24.8 Å². The Morgan fingerprint density at radius 1 is 1.37 bits per heavy atom. The second-order valence-electron chi connectivity index (χ2n) is 4.75. The summed E-state index contributed by atoms with van der Waals surface area (Å²) in [6, 6.07) is 7.98. The molecule has 19 heavy (non-hydrogen) atoms. The fourth-order valence-electron chi connectivity index (χ4n) is 2.33. The van der Waals surface area contributed by atoms with Crippen LogP contribution in [0.4, 0.5) is 13.2 Å². The summed E-state index contributed by atoms with van der Waals surface area (Å²) in [5.74, 6) is 5.49.